The predicted molar refractivity (Wildman–Crippen MR) is 106 cm³/mol. The normalized spacial score (nSPS) is 17.5. The van der Waals surface area contributed by atoms with Gasteiger partial charge >= 0.3 is 0 Å². The summed E-state index contributed by atoms with van der Waals surface area (Å²) in [6.07, 6.45) is 0.880. The van der Waals surface area contributed by atoms with E-state index in [1.807, 2.05) is 26.0 Å². The topological polar surface area (TPSA) is 82.7 Å². The Morgan fingerprint density at radius 1 is 1.30 bits per heavy atom. The zero-order chi connectivity index (χ0) is 19.4. The molecule has 1 aromatic carbocycles. The highest BCUT2D eigenvalue weighted by atomic mass is 35.5. The molecule has 0 spiro atoms. The number of aromatic nitrogens is 2. The third-order valence-corrected chi connectivity index (χ3v) is 4.76. The van der Waals surface area contributed by atoms with E-state index in [2.05, 4.69) is 14.9 Å². The minimum absolute atomic E-state index is 0.127. The molecule has 2 N–H and O–H groups in total. The Kier molecular flexibility index (Phi) is 6.23. The summed E-state index contributed by atoms with van der Waals surface area (Å²) >= 11 is 6.62. The average Bonchev–Trinajstić information content (AvgIpc) is 2.87. The minimum Gasteiger partial charge on any atom is -0.493 e. The lowest BCUT2D eigenvalue weighted by atomic mass is 10.0. The van der Waals surface area contributed by atoms with Crippen LogP contribution in [0.25, 0.3) is 0 Å². The maximum Gasteiger partial charge on any atom is 0.222 e. The van der Waals surface area contributed by atoms with Gasteiger partial charge in [-0.3, -0.25) is 0 Å². The summed E-state index contributed by atoms with van der Waals surface area (Å²) in [5.41, 5.74) is 7.59. The lowest BCUT2D eigenvalue weighted by Crippen LogP contribution is -2.32. The molecule has 1 saturated heterocycles. The highest BCUT2D eigenvalue weighted by molar-refractivity contribution is 6.31. The molecule has 2 heterocycles. The maximum atomic E-state index is 6.62. The van der Waals surface area contributed by atoms with Crippen molar-refractivity contribution in [3.05, 3.63) is 34.5 Å². The first kappa shape index (κ1) is 19.5. The van der Waals surface area contributed by atoms with Gasteiger partial charge in [0.2, 0.25) is 5.95 Å². The van der Waals surface area contributed by atoms with Crippen LogP contribution in [0.15, 0.2) is 18.2 Å². The van der Waals surface area contributed by atoms with Gasteiger partial charge < -0.3 is 24.8 Å². The van der Waals surface area contributed by atoms with Gasteiger partial charge in [0, 0.05) is 36.0 Å². The predicted octanol–water partition coefficient (Wildman–Crippen LogP) is 3.40. The van der Waals surface area contributed by atoms with E-state index in [1.165, 1.54) is 0 Å². The van der Waals surface area contributed by atoms with E-state index >= 15 is 0 Å². The molecule has 1 atom stereocenters. The van der Waals surface area contributed by atoms with Crippen molar-refractivity contribution in [2.75, 3.05) is 44.1 Å². The van der Waals surface area contributed by atoms with Crippen molar-refractivity contribution in [2.45, 2.75) is 26.3 Å². The molecule has 1 aromatic heterocycles. The number of ether oxygens (including phenoxy) is 3. The van der Waals surface area contributed by atoms with E-state index in [-0.39, 0.29) is 12.0 Å². The first-order valence-electron chi connectivity index (χ1n) is 8.99. The summed E-state index contributed by atoms with van der Waals surface area (Å²) in [5.74, 6) is 2.28. The average molecular weight is 393 g/mol. The summed E-state index contributed by atoms with van der Waals surface area (Å²) in [4.78, 5) is 10.8. The van der Waals surface area contributed by atoms with Crippen LogP contribution in [0.4, 0.5) is 11.8 Å². The Hall–Kier alpha value is -2.25. The second kappa shape index (κ2) is 8.63. The SMILES string of the molecule is CCOc1cc(Cl)c([C@H]2COCCCN2c2cc(C)nc(N)n2)cc1OC. The molecule has 0 bridgehead atoms. The van der Waals surface area contributed by atoms with Crippen molar-refractivity contribution >= 4 is 23.4 Å². The second-order valence-corrected chi connectivity index (χ2v) is 6.73. The van der Waals surface area contributed by atoms with Crippen LogP contribution in [0.1, 0.15) is 30.6 Å². The Morgan fingerprint density at radius 3 is 2.81 bits per heavy atom. The molecule has 1 fully saturated rings. The summed E-state index contributed by atoms with van der Waals surface area (Å²) in [5, 5.41) is 0.596. The standard InChI is InChI=1S/C19H25ClN4O3/c1-4-27-17-10-14(20)13(9-16(17)25-3)15-11-26-7-5-6-24(15)18-8-12(2)22-19(21)23-18/h8-10,15H,4-7,11H2,1-3H3,(H2,21,22,23)/t15-/m1/s1. The second-order valence-electron chi connectivity index (χ2n) is 6.32. The third kappa shape index (κ3) is 4.36. The fourth-order valence-corrected chi connectivity index (χ4v) is 3.54. The van der Waals surface area contributed by atoms with E-state index in [9.17, 15) is 0 Å². The number of benzene rings is 1. The van der Waals surface area contributed by atoms with Gasteiger partial charge in [-0.1, -0.05) is 11.6 Å². The van der Waals surface area contributed by atoms with Crippen LogP contribution in [0.3, 0.4) is 0 Å². The summed E-state index contributed by atoms with van der Waals surface area (Å²) in [7, 11) is 1.62. The summed E-state index contributed by atoms with van der Waals surface area (Å²) < 4.78 is 17.0. The van der Waals surface area contributed by atoms with Gasteiger partial charge in [0.25, 0.3) is 0 Å². The molecule has 8 heteroatoms. The molecule has 1 aliphatic rings. The van der Waals surface area contributed by atoms with Gasteiger partial charge in [0.1, 0.15) is 5.82 Å². The van der Waals surface area contributed by atoms with E-state index in [0.717, 1.165) is 30.0 Å². The fraction of sp³-hybridized carbons (Fsp3) is 0.474. The van der Waals surface area contributed by atoms with Crippen molar-refractivity contribution in [3.63, 3.8) is 0 Å². The molecule has 0 amide bonds. The van der Waals surface area contributed by atoms with Gasteiger partial charge in [0.05, 0.1) is 26.4 Å². The number of rotatable bonds is 5. The van der Waals surface area contributed by atoms with Gasteiger partial charge in [-0.25, -0.2) is 4.98 Å². The Bertz CT molecular complexity index is 783. The van der Waals surface area contributed by atoms with Crippen LogP contribution in [0.5, 0.6) is 11.5 Å². The van der Waals surface area contributed by atoms with Gasteiger partial charge in [-0.05, 0) is 31.9 Å². The molecule has 0 unspecified atom stereocenters. The number of aryl methyl sites for hydroxylation is 1. The molecule has 2 aromatic rings. The van der Waals surface area contributed by atoms with Gasteiger partial charge in [-0.2, -0.15) is 4.98 Å². The number of nitrogens with zero attached hydrogens (tertiary/aromatic N) is 3. The fourth-order valence-electron chi connectivity index (χ4n) is 3.27. The first-order chi connectivity index (χ1) is 13.0. The lowest BCUT2D eigenvalue weighted by molar-refractivity contribution is 0.134. The molecular formula is C19H25ClN4O3. The zero-order valence-electron chi connectivity index (χ0n) is 15.9. The number of hydrogen-bond donors (Lipinski definition) is 1. The molecule has 27 heavy (non-hydrogen) atoms. The molecule has 0 radical (unpaired) electrons. The van der Waals surface area contributed by atoms with Crippen LogP contribution < -0.4 is 20.1 Å². The van der Waals surface area contributed by atoms with Crippen LogP contribution in [-0.2, 0) is 4.74 Å². The smallest absolute Gasteiger partial charge is 0.222 e. The molecule has 0 aliphatic carbocycles. The van der Waals surface area contributed by atoms with Crippen LogP contribution >= 0.6 is 11.6 Å². The van der Waals surface area contributed by atoms with Crippen LogP contribution in [0, 0.1) is 6.92 Å². The quantitative estimate of drug-likeness (QED) is 0.834. The number of hydrogen-bond acceptors (Lipinski definition) is 7. The minimum atomic E-state index is -0.127. The highest BCUT2D eigenvalue weighted by Gasteiger charge is 2.28. The molecule has 1 aliphatic heterocycles. The number of nitrogens with two attached hydrogens (primary N) is 1. The zero-order valence-corrected chi connectivity index (χ0v) is 16.6. The van der Waals surface area contributed by atoms with E-state index in [0.29, 0.717) is 36.3 Å². The number of anilines is 2. The third-order valence-electron chi connectivity index (χ3n) is 4.43. The van der Waals surface area contributed by atoms with Crippen molar-refractivity contribution in [3.8, 4) is 11.5 Å². The summed E-state index contributed by atoms with van der Waals surface area (Å²) in [6, 6.07) is 5.51. The first-order valence-corrected chi connectivity index (χ1v) is 9.37. The van der Waals surface area contributed by atoms with Crippen molar-refractivity contribution < 1.29 is 14.2 Å². The number of nitrogen functional groups attached to an aromatic ring is 1. The van der Waals surface area contributed by atoms with Crippen molar-refractivity contribution in [1.29, 1.82) is 0 Å². The van der Waals surface area contributed by atoms with E-state index in [4.69, 9.17) is 31.5 Å². The number of halogens is 1. The Labute approximate surface area is 164 Å². The monoisotopic (exact) mass is 392 g/mol. The molecule has 0 saturated carbocycles. The molecule has 3 rings (SSSR count). The summed E-state index contributed by atoms with van der Waals surface area (Å²) in [6.45, 7) is 6.29. The van der Waals surface area contributed by atoms with E-state index < -0.39 is 0 Å². The molecule has 146 valence electrons. The highest BCUT2D eigenvalue weighted by Crippen LogP contribution is 2.39. The molecule has 7 nitrogen and oxygen atoms in total. The van der Waals surface area contributed by atoms with Gasteiger partial charge in [0.15, 0.2) is 11.5 Å². The lowest BCUT2D eigenvalue weighted by Gasteiger charge is -2.32. The Morgan fingerprint density at radius 2 is 2.11 bits per heavy atom. The van der Waals surface area contributed by atoms with Crippen LogP contribution in [0.2, 0.25) is 5.02 Å². The largest absolute Gasteiger partial charge is 0.493 e. The van der Waals surface area contributed by atoms with Crippen LogP contribution in [-0.4, -0.2) is 43.4 Å². The number of methoxy groups -OCH3 is 1. The maximum absolute atomic E-state index is 6.62. The molecular weight excluding hydrogens is 368 g/mol. The van der Waals surface area contributed by atoms with E-state index in [1.54, 1.807) is 13.2 Å². The van der Waals surface area contributed by atoms with Crippen molar-refractivity contribution in [1.82, 2.24) is 9.97 Å². The van der Waals surface area contributed by atoms with Gasteiger partial charge in [-0.15, -0.1) is 0 Å². The van der Waals surface area contributed by atoms with Crippen molar-refractivity contribution in [2.24, 2.45) is 0 Å². The Balaban J connectivity index is 2.05.